The van der Waals surface area contributed by atoms with Gasteiger partial charge in [-0.1, -0.05) is 30.3 Å². The van der Waals surface area contributed by atoms with Gasteiger partial charge >= 0.3 is 6.18 Å². The first kappa shape index (κ1) is 22.2. The molecule has 0 atom stereocenters. The van der Waals surface area contributed by atoms with Crippen molar-refractivity contribution in [3.63, 3.8) is 0 Å². The average molecular weight is 457 g/mol. The van der Waals surface area contributed by atoms with Crippen molar-refractivity contribution in [1.82, 2.24) is 15.5 Å². The number of aromatic amines is 1. The number of rotatable bonds is 5. The zero-order valence-electron chi connectivity index (χ0n) is 16.9. The fourth-order valence-electron chi connectivity index (χ4n) is 3.21. The number of aromatic nitrogens is 2. The molecule has 4 nitrogen and oxygen atoms in total. The number of carbonyl (C=O) groups is 1. The fraction of sp³-hybridized carbons (Fsp3) is 0.0833. The quantitative estimate of drug-likeness (QED) is 0.363. The predicted octanol–water partition coefficient (Wildman–Crippen LogP) is 5.97. The summed E-state index contributed by atoms with van der Waals surface area (Å²) < 4.78 is 65.1. The van der Waals surface area contributed by atoms with Gasteiger partial charge in [-0.25, -0.2) is 8.78 Å². The molecule has 4 rings (SSSR count). The third-order valence-corrected chi connectivity index (χ3v) is 4.96. The summed E-state index contributed by atoms with van der Waals surface area (Å²) in [4.78, 5) is 12.3. The molecule has 0 saturated heterocycles. The van der Waals surface area contributed by atoms with Crippen LogP contribution in [-0.2, 0) is 12.7 Å². The van der Waals surface area contributed by atoms with E-state index < -0.39 is 29.3 Å². The van der Waals surface area contributed by atoms with Crippen molar-refractivity contribution in [1.29, 1.82) is 0 Å². The maximum absolute atomic E-state index is 13.3. The first-order valence-electron chi connectivity index (χ1n) is 9.76. The lowest BCUT2D eigenvalue weighted by atomic mass is 10.1. The third-order valence-electron chi connectivity index (χ3n) is 4.96. The molecule has 0 bridgehead atoms. The lowest BCUT2D eigenvalue weighted by Crippen LogP contribution is -2.22. The summed E-state index contributed by atoms with van der Waals surface area (Å²) in [6, 6.07) is 16.3. The van der Waals surface area contributed by atoms with E-state index in [0.29, 0.717) is 33.6 Å². The highest BCUT2D eigenvalue weighted by atomic mass is 19.4. The number of H-pyrrole nitrogens is 1. The minimum Gasteiger partial charge on any atom is -0.348 e. The highest BCUT2D eigenvalue weighted by Crippen LogP contribution is 2.32. The number of hydrogen-bond acceptors (Lipinski definition) is 2. The molecule has 2 N–H and O–H groups in total. The molecule has 0 aliphatic carbocycles. The maximum atomic E-state index is 13.3. The lowest BCUT2D eigenvalue weighted by molar-refractivity contribution is -0.137. The summed E-state index contributed by atoms with van der Waals surface area (Å²) in [5.74, 6) is -2.36. The second-order valence-electron chi connectivity index (χ2n) is 7.25. The molecule has 0 fully saturated rings. The van der Waals surface area contributed by atoms with Crippen molar-refractivity contribution in [2.75, 3.05) is 0 Å². The number of hydrogen-bond donors (Lipinski definition) is 2. The predicted molar refractivity (Wildman–Crippen MR) is 112 cm³/mol. The Morgan fingerprint density at radius 2 is 1.64 bits per heavy atom. The molecule has 0 spiro atoms. The number of halogens is 5. The Hall–Kier alpha value is -4.01. The van der Waals surface area contributed by atoms with Crippen LogP contribution in [0.1, 0.15) is 21.5 Å². The minimum absolute atomic E-state index is 0.0265. The molecule has 0 aliphatic heterocycles. The lowest BCUT2D eigenvalue weighted by Gasteiger charge is -2.07. The van der Waals surface area contributed by atoms with Gasteiger partial charge in [-0.3, -0.25) is 9.89 Å². The van der Waals surface area contributed by atoms with E-state index in [2.05, 4.69) is 15.5 Å². The molecule has 33 heavy (non-hydrogen) atoms. The number of benzene rings is 3. The molecule has 0 aliphatic rings. The van der Waals surface area contributed by atoms with Crippen LogP contribution in [0.5, 0.6) is 0 Å². The van der Waals surface area contributed by atoms with Crippen LogP contribution in [0.4, 0.5) is 22.0 Å². The molecule has 0 unspecified atom stereocenters. The summed E-state index contributed by atoms with van der Waals surface area (Å²) in [5, 5.41) is 9.50. The van der Waals surface area contributed by atoms with E-state index in [4.69, 9.17) is 0 Å². The van der Waals surface area contributed by atoms with E-state index in [1.807, 2.05) is 0 Å². The summed E-state index contributed by atoms with van der Waals surface area (Å²) in [6.45, 7) is 0.0265. The van der Waals surface area contributed by atoms with Crippen molar-refractivity contribution in [2.24, 2.45) is 0 Å². The van der Waals surface area contributed by atoms with Crippen LogP contribution in [-0.4, -0.2) is 16.1 Å². The van der Waals surface area contributed by atoms with Crippen LogP contribution in [0.3, 0.4) is 0 Å². The van der Waals surface area contributed by atoms with Gasteiger partial charge in [-0.15, -0.1) is 0 Å². The Labute approximate surface area is 185 Å². The minimum atomic E-state index is -4.45. The second kappa shape index (κ2) is 8.85. The molecular formula is C24H16F5N3O. The molecule has 1 heterocycles. The molecule has 0 saturated carbocycles. The number of alkyl halides is 3. The first-order chi connectivity index (χ1) is 15.7. The molecule has 0 radical (unpaired) electrons. The van der Waals surface area contributed by atoms with E-state index in [1.54, 1.807) is 30.3 Å². The van der Waals surface area contributed by atoms with Crippen LogP contribution >= 0.6 is 0 Å². The van der Waals surface area contributed by atoms with Crippen LogP contribution in [0.25, 0.3) is 22.5 Å². The fourth-order valence-corrected chi connectivity index (χ4v) is 3.21. The van der Waals surface area contributed by atoms with Gasteiger partial charge in [-0.05, 0) is 53.6 Å². The average Bonchev–Trinajstić information content (AvgIpc) is 3.30. The van der Waals surface area contributed by atoms with E-state index in [0.717, 1.165) is 24.3 Å². The molecule has 1 amide bonds. The third kappa shape index (κ3) is 5.08. The standard InChI is InChI=1S/C24H16F5N3O/c25-19-9-4-14(10-20(19)26)13-30-23(33)16-7-5-15(6-8-16)21-12-22(32-31-21)17-2-1-3-18(11-17)24(27,28)29/h1-12H,13H2,(H,30,33)(H,31,32). The zero-order valence-corrected chi connectivity index (χ0v) is 16.9. The number of nitrogens with zero attached hydrogens (tertiary/aromatic N) is 1. The summed E-state index contributed by atoms with van der Waals surface area (Å²) in [6.07, 6.45) is -4.45. The molecule has 9 heteroatoms. The molecule has 168 valence electrons. The Balaban J connectivity index is 1.45. The topological polar surface area (TPSA) is 57.8 Å². The van der Waals surface area contributed by atoms with Crippen LogP contribution in [0.2, 0.25) is 0 Å². The van der Waals surface area contributed by atoms with Crippen molar-refractivity contribution < 1.29 is 26.7 Å². The van der Waals surface area contributed by atoms with Crippen molar-refractivity contribution in [3.05, 3.63) is 101 Å². The number of nitrogens with one attached hydrogen (secondary N) is 2. The largest absolute Gasteiger partial charge is 0.416 e. The van der Waals surface area contributed by atoms with Gasteiger partial charge in [0.1, 0.15) is 0 Å². The van der Waals surface area contributed by atoms with Gasteiger partial charge in [0.05, 0.1) is 17.0 Å². The number of carbonyl (C=O) groups excluding carboxylic acids is 1. The van der Waals surface area contributed by atoms with Crippen molar-refractivity contribution >= 4 is 5.91 Å². The van der Waals surface area contributed by atoms with Gasteiger partial charge < -0.3 is 5.32 Å². The number of amides is 1. The van der Waals surface area contributed by atoms with Crippen LogP contribution in [0, 0.1) is 11.6 Å². The Morgan fingerprint density at radius 1 is 0.879 bits per heavy atom. The highest BCUT2D eigenvalue weighted by molar-refractivity contribution is 5.94. The van der Waals surface area contributed by atoms with Gasteiger partial charge in [0.25, 0.3) is 5.91 Å². The zero-order chi connectivity index (χ0) is 23.6. The Morgan fingerprint density at radius 3 is 2.33 bits per heavy atom. The summed E-state index contributed by atoms with van der Waals surface area (Å²) in [5.41, 5.74) is 1.92. The Kier molecular flexibility index (Phi) is 5.95. The molecular weight excluding hydrogens is 441 g/mol. The summed E-state index contributed by atoms with van der Waals surface area (Å²) >= 11 is 0. The van der Waals surface area contributed by atoms with Crippen LogP contribution < -0.4 is 5.32 Å². The maximum Gasteiger partial charge on any atom is 0.416 e. The van der Waals surface area contributed by atoms with Crippen molar-refractivity contribution in [3.8, 4) is 22.5 Å². The smallest absolute Gasteiger partial charge is 0.348 e. The van der Waals surface area contributed by atoms with Crippen molar-refractivity contribution in [2.45, 2.75) is 12.7 Å². The molecule has 4 aromatic rings. The molecule has 3 aromatic carbocycles. The van der Waals surface area contributed by atoms with E-state index in [9.17, 15) is 26.7 Å². The Bertz CT molecular complexity index is 1300. The van der Waals surface area contributed by atoms with E-state index in [1.165, 1.54) is 18.2 Å². The van der Waals surface area contributed by atoms with Gasteiger partial charge in [0.15, 0.2) is 11.6 Å². The van der Waals surface area contributed by atoms with E-state index >= 15 is 0 Å². The van der Waals surface area contributed by atoms with E-state index in [-0.39, 0.29) is 6.54 Å². The summed E-state index contributed by atoms with van der Waals surface area (Å²) in [7, 11) is 0. The highest BCUT2D eigenvalue weighted by Gasteiger charge is 2.30. The SMILES string of the molecule is O=C(NCc1ccc(F)c(F)c1)c1ccc(-c2cc(-c3cccc(C(F)(F)F)c3)n[nH]2)cc1. The van der Waals surface area contributed by atoms with Gasteiger partial charge in [0.2, 0.25) is 0 Å². The van der Waals surface area contributed by atoms with Gasteiger partial charge in [0, 0.05) is 17.7 Å². The monoisotopic (exact) mass is 457 g/mol. The first-order valence-corrected chi connectivity index (χ1v) is 9.76. The van der Waals surface area contributed by atoms with Gasteiger partial charge in [-0.2, -0.15) is 18.3 Å². The second-order valence-corrected chi connectivity index (χ2v) is 7.25. The van der Waals surface area contributed by atoms with Crippen LogP contribution in [0.15, 0.2) is 72.8 Å². The normalized spacial score (nSPS) is 11.4. The molecule has 1 aromatic heterocycles.